The maximum absolute atomic E-state index is 13.3. The predicted octanol–water partition coefficient (Wildman–Crippen LogP) is 2.50. The van der Waals surface area contributed by atoms with Gasteiger partial charge in [0.1, 0.15) is 5.82 Å². The van der Waals surface area contributed by atoms with E-state index < -0.39 is 0 Å². The number of hydrogen-bond donors (Lipinski definition) is 1. The van der Waals surface area contributed by atoms with Crippen molar-refractivity contribution in [1.29, 1.82) is 0 Å². The molecule has 0 aliphatic rings. The van der Waals surface area contributed by atoms with E-state index in [0.29, 0.717) is 5.92 Å². The van der Waals surface area contributed by atoms with Crippen LogP contribution in [0, 0.1) is 5.82 Å². The van der Waals surface area contributed by atoms with Crippen LogP contribution >= 0.6 is 0 Å². The van der Waals surface area contributed by atoms with Crippen molar-refractivity contribution >= 4 is 0 Å². The predicted molar refractivity (Wildman–Crippen MR) is 74.6 cm³/mol. The van der Waals surface area contributed by atoms with Crippen LogP contribution in [0.15, 0.2) is 36.5 Å². The van der Waals surface area contributed by atoms with E-state index in [1.54, 1.807) is 12.1 Å². The highest BCUT2D eigenvalue weighted by Gasteiger charge is 2.12. The molecule has 0 radical (unpaired) electrons. The van der Waals surface area contributed by atoms with Gasteiger partial charge in [-0.2, -0.15) is 5.10 Å². The summed E-state index contributed by atoms with van der Waals surface area (Å²) in [5.41, 5.74) is 2.26. The smallest absolute Gasteiger partial charge is 0.123 e. The summed E-state index contributed by atoms with van der Waals surface area (Å²) < 4.78 is 15.2. The average Bonchev–Trinajstić information content (AvgIpc) is 2.80. The molecular weight excluding hydrogens is 241 g/mol. The standard InChI is InChI=1S/C15H20FN3/c1-17-11-13(12-4-3-5-14(16)10-12)6-7-15-8-9-18-19(15)2/h3-5,8-10,13,17H,6-7,11H2,1-2H3. The van der Waals surface area contributed by atoms with E-state index in [0.717, 1.165) is 24.9 Å². The second-order valence-corrected chi connectivity index (χ2v) is 4.79. The van der Waals surface area contributed by atoms with Gasteiger partial charge >= 0.3 is 0 Å². The van der Waals surface area contributed by atoms with Gasteiger partial charge in [0.15, 0.2) is 0 Å². The first kappa shape index (κ1) is 13.7. The molecule has 3 nitrogen and oxygen atoms in total. The SMILES string of the molecule is CNCC(CCc1ccnn1C)c1cccc(F)c1. The Bertz CT molecular complexity index is 522. The lowest BCUT2D eigenvalue weighted by molar-refractivity contribution is 0.560. The lowest BCUT2D eigenvalue weighted by atomic mass is 9.93. The molecule has 1 aromatic carbocycles. The second-order valence-electron chi connectivity index (χ2n) is 4.79. The summed E-state index contributed by atoms with van der Waals surface area (Å²) in [6, 6.07) is 8.92. The van der Waals surface area contributed by atoms with Crippen molar-refractivity contribution in [3.05, 3.63) is 53.6 Å². The minimum Gasteiger partial charge on any atom is -0.319 e. The van der Waals surface area contributed by atoms with Crippen LogP contribution in [0.4, 0.5) is 4.39 Å². The number of nitrogens with zero attached hydrogens (tertiary/aromatic N) is 2. The van der Waals surface area contributed by atoms with Crippen LogP contribution < -0.4 is 5.32 Å². The molecule has 2 rings (SSSR count). The Morgan fingerprint density at radius 2 is 2.21 bits per heavy atom. The molecule has 0 bridgehead atoms. The minimum atomic E-state index is -0.167. The third kappa shape index (κ3) is 3.64. The Morgan fingerprint density at radius 1 is 1.37 bits per heavy atom. The van der Waals surface area contributed by atoms with Gasteiger partial charge in [-0.3, -0.25) is 4.68 Å². The van der Waals surface area contributed by atoms with Crippen LogP contribution in [0.5, 0.6) is 0 Å². The summed E-state index contributed by atoms with van der Waals surface area (Å²) in [4.78, 5) is 0. The Balaban J connectivity index is 2.06. The number of halogens is 1. The van der Waals surface area contributed by atoms with Crippen molar-refractivity contribution in [2.75, 3.05) is 13.6 Å². The van der Waals surface area contributed by atoms with Crippen LogP contribution in [0.1, 0.15) is 23.6 Å². The summed E-state index contributed by atoms with van der Waals surface area (Å²) in [5.74, 6) is 0.148. The fraction of sp³-hybridized carbons (Fsp3) is 0.400. The second kappa shape index (κ2) is 6.48. The van der Waals surface area contributed by atoms with Crippen molar-refractivity contribution < 1.29 is 4.39 Å². The van der Waals surface area contributed by atoms with E-state index in [-0.39, 0.29) is 5.82 Å². The lowest BCUT2D eigenvalue weighted by Gasteiger charge is -2.17. The van der Waals surface area contributed by atoms with Crippen LogP contribution in [-0.4, -0.2) is 23.4 Å². The maximum Gasteiger partial charge on any atom is 0.123 e. The summed E-state index contributed by atoms with van der Waals surface area (Å²) in [6.07, 6.45) is 3.73. The van der Waals surface area contributed by atoms with E-state index in [1.165, 1.54) is 11.8 Å². The molecule has 0 spiro atoms. The fourth-order valence-corrected chi connectivity index (χ4v) is 2.36. The number of hydrogen-bond acceptors (Lipinski definition) is 2. The molecule has 19 heavy (non-hydrogen) atoms. The third-order valence-corrected chi connectivity index (χ3v) is 3.44. The number of rotatable bonds is 6. The Morgan fingerprint density at radius 3 is 2.84 bits per heavy atom. The topological polar surface area (TPSA) is 29.9 Å². The van der Waals surface area contributed by atoms with Gasteiger partial charge in [-0.05, 0) is 49.6 Å². The fourth-order valence-electron chi connectivity index (χ4n) is 2.36. The van der Waals surface area contributed by atoms with E-state index in [4.69, 9.17) is 0 Å². The van der Waals surface area contributed by atoms with Gasteiger partial charge in [-0.1, -0.05) is 12.1 Å². The molecule has 1 atom stereocenters. The number of aryl methyl sites for hydroxylation is 2. The molecule has 1 N–H and O–H groups in total. The lowest BCUT2D eigenvalue weighted by Crippen LogP contribution is -2.18. The molecular formula is C15H20FN3. The Hall–Kier alpha value is -1.68. The van der Waals surface area contributed by atoms with Gasteiger partial charge in [0.25, 0.3) is 0 Å². The summed E-state index contributed by atoms with van der Waals surface area (Å²) >= 11 is 0. The van der Waals surface area contributed by atoms with E-state index >= 15 is 0 Å². The highest BCUT2D eigenvalue weighted by molar-refractivity contribution is 5.21. The third-order valence-electron chi connectivity index (χ3n) is 3.44. The van der Waals surface area contributed by atoms with Gasteiger partial charge in [-0.15, -0.1) is 0 Å². The molecule has 0 saturated heterocycles. The van der Waals surface area contributed by atoms with Crippen LogP contribution in [0.25, 0.3) is 0 Å². The largest absolute Gasteiger partial charge is 0.319 e. The maximum atomic E-state index is 13.3. The summed E-state index contributed by atoms with van der Waals surface area (Å²) in [6.45, 7) is 0.849. The van der Waals surface area contributed by atoms with Gasteiger partial charge in [0, 0.05) is 25.5 Å². The molecule has 1 heterocycles. The number of benzene rings is 1. The molecule has 4 heteroatoms. The Labute approximate surface area is 113 Å². The molecule has 1 unspecified atom stereocenters. The van der Waals surface area contributed by atoms with E-state index in [2.05, 4.69) is 10.4 Å². The number of nitrogens with one attached hydrogen (secondary N) is 1. The molecule has 0 saturated carbocycles. The van der Waals surface area contributed by atoms with Gasteiger partial charge in [0.05, 0.1) is 0 Å². The number of likely N-dealkylation sites (N-methyl/N-ethyl adjacent to an activating group) is 1. The van der Waals surface area contributed by atoms with Crippen molar-refractivity contribution in [3.63, 3.8) is 0 Å². The van der Waals surface area contributed by atoms with Crippen molar-refractivity contribution in [1.82, 2.24) is 15.1 Å². The first-order valence-electron chi connectivity index (χ1n) is 6.57. The van der Waals surface area contributed by atoms with Crippen LogP contribution in [-0.2, 0) is 13.5 Å². The molecule has 2 aromatic rings. The van der Waals surface area contributed by atoms with Crippen molar-refractivity contribution in [2.45, 2.75) is 18.8 Å². The molecule has 0 fully saturated rings. The zero-order valence-corrected chi connectivity index (χ0v) is 11.4. The highest BCUT2D eigenvalue weighted by Crippen LogP contribution is 2.21. The molecule has 0 amide bonds. The molecule has 102 valence electrons. The van der Waals surface area contributed by atoms with Crippen molar-refractivity contribution in [3.8, 4) is 0 Å². The van der Waals surface area contributed by atoms with Gasteiger partial charge in [-0.25, -0.2) is 4.39 Å². The first-order chi connectivity index (χ1) is 9.20. The zero-order chi connectivity index (χ0) is 13.7. The quantitative estimate of drug-likeness (QED) is 0.866. The van der Waals surface area contributed by atoms with E-state index in [1.807, 2.05) is 37.1 Å². The van der Waals surface area contributed by atoms with Crippen LogP contribution in [0.3, 0.4) is 0 Å². The molecule has 0 aliphatic heterocycles. The molecule has 0 aliphatic carbocycles. The average molecular weight is 261 g/mol. The summed E-state index contributed by atoms with van der Waals surface area (Å²) in [7, 11) is 3.88. The van der Waals surface area contributed by atoms with Gasteiger partial charge in [0.2, 0.25) is 0 Å². The van der Waals surface area contributed by atoms with Gasteiger partial charge < -0.3 is 5.32 Å². The van der Waals surface area contributed by atoms with Crippen molar-refractivity contribution in [2.24, 2.45) is 7.05 Å². The monoisotopic (exact) mass is 261 g/mol. The Kier molecular flexibility index (Phi) is 4.68. The van der Waals surface area contributed by atoms with E-state index in [9.17, 15) is 4.39 Å². The zero-order valence-electron chi connectivity index (χ0n) is 11.4. The number of aromatic nitrogens is 2. The minimum absolute atomic E-state index is 0.167. The summed E-state index contributed by atoms with van der Waals surface area (Å²) in [5, 5.41) is 7.35. The van der Waals surface area contributed by atoms with Crippen LogP contribution in [0.2, 0.25) is 0 Å². The first-order valence-corrected chi connectivity index (χ1v) is 6.57. The normalized spacial score (nSPS) is 12.6. The molecule has 1 aromatic heterocycles. The highest BCUT2D eigenvalue weighted by atomic mass is 19.1.